The third kappa shape index (κ3) is 2.69. The largest absolute Gasteiger partial charge is 0.406 e. The highest BCUT2D eigenvalue weighted by Crippen LogP contribution is 2.21. The normalized spacial score (nSPS) is 9.89. The van der Waals surface area contributed by atoms with Crippen LogP contribution < -0.4 is 5.32 Å². The first-order valence-corrected chi connectivity index (χ1v) is 5.50. The summed E-state index contributed by atoms with van der Waals surface area (Å²) in [4.78, 5) is 14.0. The summed E-state index contributed by atoms with van der Waals surface area (Å²) < 4.78 is 1.55. The van der Waals surface area contributed by atoms with Gasteiger partial charge < -0.3 is 15.4 Å². The topological polar surface area (TPSA) is 96.8 Å². The third-order valence-corrected chi connectivity index (χ3v) is 2.61. The highest BCUT2D eigenvalue weighted by Gasteiger charge is 2.19. The second-order valence-electron chi connectivity index (χ2n) is 3.95. The number of aromatic nitrogens is 2. The van der Waals surface area contributed by atoms with E-state index in [4.69, 9.17) is 5.26 Å². The number of rotatable bonds is 4. The molecule has 1 N–H and O–H groups in total. The number of benzene rings is 1. The van der Waals surface area contributed by atoms with Gasteiger partial charge in [-0.3, -0.25) is 4.57 Å². The van der Waals surface area contributed by atoms with Crippen molar-refractivity contribution in [2.45, 2.75) is 6.54 Å². The first kappa shape index (κ1) is 12.6. The molecule has 0 fully saturated rings. The Morgan fingerprint density at radius 2 is 2.37 bits per heavy atom. The summed E-state index contributed by atoms with van der Waals surface area (Å²) in [5.74, 6) is 0.131. The maximum atomic E-state index is 10.8. The fourth-order valence-electron chi connectivity index (χ4n) is 1.69. The van der Waals surface area contributed by atoms with Crippen molar-refractivity contribution in [2.75, 3.05) is 5.32 Å². The van der Waals surface area contributed by atoms with Crippen LogP contribution in [-0.4, -0.2) is 14.5 Å². The molecular weight excluding hydrogens is 246 g/mol. The minimum atomic E-state index is -0.534. The molecule has 7 heteroatoms. The van der Waals surface area contributed by atoms with E-state index in [1.807, 2.05) is 12.1 Å². The molecule has 0 spiro atoms. The maximum Gasteiger partial charge on any atom is 0.406 e. The molecule has 0 radical (unpaired) electrons. The van der Waals surface area contributed by atoms with Crippen molar-refractivity contribution in [1.29, 1.82) is 5.26 Å². The van der Waals surface area contributed by atoms with Crippen molar-refractivity contribution in [3.63, 3.8) is 0 Å². The molecule has 0 unspecified atom stereocenters. The monoisotopic (exact) mass is 257 g/mol. The van der Waals surface area contributed by atoms with Gasteiger partial charge in [-0.2, -0.15) is 5.26 Å². The van der Waals surface area contributed by atoms with Crippen LogP contribution in [0.3, 0.4) is 0 Å². The van der Waals surface area contributed by atoms with Crippen LogP contribution in [0.1, 0.15) is 11.1 Å². The predicted octanol–water partition coefficient (Wildman–Crippen LogP) is 1.81. The summed E-state index contributed by atoms with van der Waals surface area (Å²) in [7, 11) is 1.67. The van der Waals surface area contributed by atoms with Gasteiger partial charge in [-0.25, -0.2) is 0 Å². The van der Waals surface area contributed by atoms with Crippen LogP contribution in [0.4, 0.5) is 11.6 Å². The molecule has 96 valence electrons. The first-order valence-electron chi connectivity index (χ1n) is 5.50. The van der Waals surface area contributed by atoms with Gasteiger partial charge in [0.15, 0.2) is 0 Å². The molecule has 7 nitrogen and oxygen atoms in total. The van der Waals surface area contributed by atoms with Crippen molar-refractivity contribution < 1.29 is 4.92 Å². The van der Waals surface area contributed by atoms with E-state index in [0.717, 1.165) is 5.56 Å². The number of nitrogens with zero attached hydrogens (tertiary/aromatic N) is 4. The number of nitrogens with one attached hydrogen (secondary N) is 1. The quantitative estimate of drug-likeness (QED) is 0.665. The Bertz CT molecular complexity index is 656. The standard InChI is InChI=1S/C12H11N5O2/c1-16-8-15-12(17(18)19)11(16)14-7-10-4-2-3-9(5-10)6-13/h2-5,8,14H,7H2,1H3. The fourth-order valence-corrected chi connectivity index (χ4v) is 1.69. The van der Waals surface area contributed by atoms with Crippen molar-refractivity contribution in [3.8, 4) is 6.07 Å². The SMILES string of the molecule is Cn1cnc([N+](=O)[O-])c1NCc1cccc(C#N)c1. The van der Waals surface area contributed by atoms with Crippen molar-refractivity contribution in [3.05, 3.63) is 51.8 Å². The molecule has 0 amide bonds. The third-order valence-electron chi connectivity index (χ3n) is 2.61. The lowest BCUT2D eigenvalue weighted by Crippen LogP contribution is -2.05. The smallest absolute Gasteiger partial charge is 0.360 e. The van der Waals surface area contributed by atoms with Gasteiger partial charge in [0.05, 0.1) is 11.6 Å². The summed E-state index contributed by atoms with van der Waals surface area (Å²) in [6.45, 7) is 0.385. The first-order chi connectivity index (χ1) is 9.11. The highest BCUT2D eigenvalue weighted by atomic mass is 16.6. The van der Waals surface area contributed by atoms with E-state index in [2.05, 4.69) is 10.3 Å². The lowest BCUT2D eigenvalue weighted by Gasteiger charge is -2.06. The average molecular weight is 257 g/mol. The molecule has 0 bridgehead atoms. The van der Waals surface area contributed by atoms with E-state index < -0.39 is 4.92 Å². The summed E-state index contributed by atoms with van der Waals surface area (Å²) in [6, 6.07) is 9.10. The zero-order chi connectivity index (χ0) is 13.8. The molecule has 1 aromatic carbocycles. The summed E-state index contributed by atoms with van der Waals surface area (Å²) in [6.07, 6.45) is 1.38. The Hall–Kier alpha value is -2.88. The van der Waals surface area contributed by atoms with E-state index in [0.29, 0.717) is 17.9 Å². The van der Waals surface area contributed by atoms with Crippen LogP contribution in [0.25, 0.3) is 0 Å². The van der Waals surface area contributed by atoms with Crippen LogP contribution >= 0.6 is 0 Å². The molecule has 0 aliphatic rings. The van der Waals surface area contributed by atoms with E-state index in [9.17, 15) is 10.1 Å². The molecule has 19 heavy (non-hydrogen) atoms. The number of nitro groups is 1. The Labute approximate surface area is 109 Å². The van der Waals surface area contributed by atoms with E-state index >= 15 is 0 Å². The van der Waals surface area contributed by atoms with Gasteiger partial charge in [0, 0.05) is 13.6 Å². The number of aryl methyl sites for hydroxylation is 1. The molecule has 2 aromatic rings. The zero-order valence-electron chi connectivity index (χ0n) is 10.2. The predicted molar refractivity (Wildman–Crippen MR) is 68.3 cm³/mol. The Morgan fingerprint density at radius 1 is 1.58 bits per heavy atom. The minimum Gasteiger partial charge on any atom is -0.360 e. The summed E-state index contributed by atoms with van der Waals surface area (Å²) in [5, 5.41) is 22.6. The molecule has 0 saturated carbocycles. The highest BCUT2D eigenvalue weighted by molar-refractivity contribution is 5.52. The number of imidazole rings is 1. The van der Waals surface area contributed by atoms with Crippen LogP contribution in [0.5, 0.6) is 0 Å². The fraction of sp³-hybridized carbons (Fsp3) is 0.167. The molecule has 0 atom stereocenters. The average Bonchev–Trinajstić information content (AvgIpc) is 2.78. The molecule has 0 saturated heterocycles. The molecule has 1 heterocycles. The van der Waals surface area contributed by atoms with Crippen molar-refractivity contribution >= 4 is 11.6 Å². The van der Waals surface area contributed by atoms with Gasteiger partial charge >= 0.3 is 5.82 Å². The Balaban J connectivity index is 2.17. The summed E-state index contributed by atoms with van der Waals surface area (Å²) >= 11 is 0. The van der Waals surface area contributed by atoms with Crippen LogP contribution in [-0.2, 0) is 13.6 Å². The lowest BCUT2D eigenvalue weighted by atomic mass is 10.1. The van der Waals surface area contributed by atoms with Crippen molar-refractivity contribution in [1.82, 2.24) is 9.55 Å². The lowest BCUT2D eigenvalue weighted by molar-refractivity contribution is -0.388. The molecule has 2 rings (SSSR count). The zero-order valence-corrected chi connectivity index (χ0v) is 10.2. The van der Waals surface area contributed by atoms with E-state index in [-0.39, 0.29) is 5.82 Å². The number of nitriles is 1. The van der Waals surface area contributed by atoms with Gasteiger partial charge in [-0.1, -0.05) is 12.1 Å². The van der Waals surface area contributed by atoms with Crippen LogP contribution in [0, 0.1) is 21.4 Å². The van der Waals surface area contributed by atoms with Gasteiger partial charge in [0.2, 0.25) is 12.1 Å². The second kappa shape index (κ2) is 5.18. The van der Waals surface area contributed by atoms with Gasteiger partial charge in [-0.05, 0) is 27.6 Å². The summed E-state index contributed by atoms with van der Waals surface area (Å²) in [5.41, 5.74) is 1.42. The molecule has 1 aromatic heterocycles. The molecule has 0 aliphatic heterocycles. The Kier molecular flexibility index (Phi) is 3.43. The van der Waals surface area contributed by atoms with Gasteiger partial charge in [0.1, 0.15) is 0 Å². The van der Waals surface area contributed by atoms with Crippen LogP contribution in [0.2, 0.25) is 0 Å². The number of anilines is 1. The second-order valence-corrected chi connectivity index (χ2v) is 3.95. The maximum absolute atomic E-state index is 10.8. The van der Waals surface area contributed by atoms with Gasteiger partial charge in [-0.15, -0.1) is 0 Å². The molecule has 0 aliphatic carbocycles. The Morgan fingerprint density at radius 3 is 3.05 bits per heavy atom. The number of hydrogen-bond donors (Lipinski definition) is 1. The van der Waals surface area contributed by atoms with E-state index in [1.54, 1.807) is 29.8 Å². The van der Waals surface area contributed by atoms with Gasteiger partial charge in [0.25, 0.3) is 0 Å². The van der Waals surface area contributed by atoms with Crippen LogP contribution in [0.15, 0.2) is 30.6 Å². The number of hydrogen-bond acceptors (Lipinski definition) is 5. The van der Waals surface area contributed by atoms with E-state index in [1.165, 1.54) is 6.33 Å². The van der Waals surface area contributed by atoms with Crippen molar-refractivity contribution in [2.24, 2.45) is 7.05 Å². The minimum absolute atomic E-state index is 0.209. The molecular formula is C12H11N5O2.